The van der Waals surface area contributed by atoms with Crippen molar-refractivity contribution in [1.29, 1.82) is 0 Å². The second kappa shape index (κ2) is 11.1. The van der Waals surface area contributed by atoms with E-state index < -0.39 is 35.4 Å². The summed E-state index contributed by atoms with van der Waals surface area (Å²) >= 11 is 0. The molecule has 0 aromatic rings. The monoisotopic (exact) mass is 373 g/mol. The molecule has 8 nitrogen and oxygen atoms in total. The van der Waals surface area contributed by atoms with Crippen LogP contribution in [-0.4, -0.2) is 52.4 Å². The average Bonchev–Trinajstić information content (AvgIpc) is 2.64. The third-order valence-corrected chi connectivity index (χ3v) is 5.20. The molecule has 0 aliphatic rings. The standard InChI is InChI=1S/C18H35N3O5/c1-7-18(8-2,9-3)14(15(23)19-6)20-17(25)21(26)16(24)13(22)11-10-12(4)5/h12-14,22,26H,7-11H2,1-6H3,(H,19,23)(H,20,25)/t13-,14?/m0/s1. The van der Waals surface area contributed by atoms with Gasteiger partial charge in [0, 0.05) is 7.05 Å². The molecule has 0 aromatic heterocycles. The van der Waals surface area contributed by atoms with Gasteiger partial charge in [-0.25, -0.2) is 4.79 Å². The summed E-state index contributed by atoms with van der Waals surface area (Å²) in [4.78, 5) is 36.7. The second-order valence-electron chi connectivity index (χ2n) is 7.06. The van der Waals surface area contributed by atoms with Crippen molar-refractivity contribution in [1.82, 2.24) is 15.7 Å². The Balaban J connectivity index is 5.25. The Morgan fingerprint density at radius 2 is 1.54 bits per heavy atom. The van der Waals surface area contributed by atoms with Crippen molar-refractivity contribution in [2.75, 3.05) is 7.05 Å². The first-order valence-corrected chi connectivity index (χ1v) is 9.33. The van der Waals surface area contributed by atoms with Gasteiger partial charge in [-0.1, -0.05) is 34.6 Å². The van der Waals surface area contributed by atoms with E-state index in [1.54, 1.807) is 0 Å². The van der Waals surface area contributed by atoms with Gasteiger partial charge in [0.15, 0.2) is 0 Å². The van der Waals surface area contributed by atoms with Crippen molar-refractivity contribution in [2.24, 2.45) is 11.3 Å². The largest absolute Gasteiger partial charge is 0.383 e. The summed E-state index contributed by atoms with van der Waals surface area (Å²) in [5.41, 5.74) is -0.504. The maximum Gasteiger partial charge on any atom is 0.349 e. The number of aliphatic hydroxyl groups excluding tert-OH is 1. The highest BCUT2D eigenvalue weighted by Gasteiger charge is 2.41. The summed E-state index contributed by atoms with van der Waals surface area (Å²) in [7, 11) is 1.46. The number of nitrogens with zero attached hydrogens (tertiary/aromatic N) is 1. The Morgan fingerprint density at radius 3 is 1.92 bits per heavy atom. The van der Waals surface area contributed by atoms with Crippen LogP contribution in [0.1, 0.15) is 66.7 Å². The summed E-state index contributed by atoms with van der Waals surface area (Å²) in [5.74, 6) is -1.23. The molecular weight excluding hydrogens is 338 g/mol. The van der Waals surface area contributed by atoms with Crippen molar-refractivity contribution < 1.29 is 24.7 Å². The van der Waals surface area contributed by atoms with Crippen LogP contribution < -0.4 is 10.6 Å². The summed E-state index contributed by atoms with van der Waals surface area (Å²) < 4.78 is 0. The number of rotatable bonds is 10. The molecule has 8 heteroatoms. The minimum atomic E-state index is -1.47. The van der Waals surface area contributed by atoms with E-state index in [0.717, 1.165) is 0 Å². The first kappa shape index (κ1) is 24.3. The maximum absolute atomic E-state index is 12.3. The number of carbonyl (C=O) groups is 3. The molecule has 1 unspecified atom stereocenters. The Labute approximate surface area is 156 Å². The second-order valence-corrected chi connectivity index (χ2v) is 7.06. The van der Waals surface area contributed by atoms with E-state index in [9.17, 15) is 24.7 Å². The van der Waals surface area contributed by atoms with Crippen LogP contribution in [0, 0.1) is 11.3 Å². The minimum Gasteiger partial charge on any atom is -0.383 e. The quantitative estimate of drug-likeness (QED) is 0.345. The molecule has 152 valence electrons. The molecule has 2 atom stereocenters. The fourth-order valence-corrected chi connectivity index (χ4v) is 3.04. The molecule has 0 heterocycles. The molecule has 4 amide bonds. The van der Waals surface area contributed by atoms with E-state index >= 15 is 0 Å². The van der Waals surface area contributed by atoms with Gasteiger partial charge in [0.25, 0.3) is 5.91 Å². The Kier molecular flexibility index (Phi) is 10.4. The van der Waals surface area contributed by atoms with Crippen LogP contribution in [0.2, 0.25) is 0 Å². The first-order chi connectivity index (χ1) is 12.1. The van der Waals surface area contributed by atoms with E-state index in [0.29, 0.717) is 25.7 Å². The van der Waals surface area contributed by atoms with E-state index in [2.05, 4.69) is 10.6 Å². The molecule has 26 heavy (non-hydrogen) atoms. The zero-order valence-electron chi connectivity index (χ0n) is 16.8. The summed E-state index contributed by atoms with van der Waals surface area (Å²) in [6.45, 7) is 9.65. The lowest BCUT2D eigenvalue weighted by Crippen LogP contribution is -2.59. The molecule has 0 aliphatic carbocycles. The van der Waals surface area contributed by atoms with Crippen LogP contribution in [0.25, 0.3) is 0 Å². The highest BCUT2D eigenvalue weighted by Crippen LogP contribution is 2.34. The number of likely N-dealkylation sites (N-methyl/N-ethyl adjacent to an activating group) is 1. The Hall–Kier alpha value is -1.67. The van der Waals surface area contributed by atoms with Gasteiger partial charge in [0.2, 0.25) is 5.91 Å². The van der Waals surface area contributed by atoms with Crippen LogP contribution in [0.4, 0.5) is 4.79 Å². The molecule has 0 aliphatic heterocycles. The SMILES string of the molecule is CCC(CC)(CC)C(NC(=O)N(O)C(=O)[C@@H](O)CCC(C)C)C(=O)NC. The molecule has 0 saturated heterocycles. The molecule has 0 fully saturated rings. The van der Waals surface area contributed by atoms with Crippen molar-refractivity contribution in [3.8, 4) is 0 Å². The number of nitrogens with one attached hydrogen (secondary N) is 2. The number of carbonyl (C=O) groups excluding carboxylic acids is 3. The summed E-state index contributed by atoms with van der Waals surface area (Å²) in [6, 6.07) is -2.03. The van der Waals surface area contributed by atoms with Gasteiger partial charge in [0.05, 0.1) is 0 Å². The van der Waals surface area contributed by atoms with Crippen molar-refractivity contribution >= 4 is 17.8 Å². The molecule has 0 bridgehead atoms. The zero-order chi connectivity index (χ0) is 20.5. The highest BCUT2D eigenvalue weighted by molar-refractivity contribution is 5.97. The lowest BCUT2D eigenvalue weighted by molar-refractivity contribution is -0.163. The molecule has 0 spiro atoms. The zero-order valence-corrected chi connectivity index (χ0v) is 16.8. The summed E-state index contributed by atoms with van der Waals surface area (Å²) in [5, 5.41) is 24.6. The van der Waals surface area contributed by atoms with Crippen LogP contribution in [0.3, 0.4) is 0 Å². The molecule has 0 aromatic carbocycles. The van der Waals surface area contributed by atoms with Crippen LogP contribution in [-0.2, 0) is 9.59 Å². The van der Waals surface area contributed by atoms with Crippen molar-refractivity contribution in [3.63, 3.8) is 0 Å². The van der Waals surface area contributed by atoms with E-state index in [-0.39, 0.29) is 17.4 Å². The fraction of sp³-hybridized carbons (Fsp3) is 0.833. The topological polar surface area (TPSA) is 119 Å². The lowest BCUT2D eigenvalue weighted by atomic mass is 9.73. The predicted octanol–water partition coefficient (Wildman–Crippen LogP) is 2.04. The maximum atomic E-state index is 12.3. The summed E-state index contributed by atoms with van der Waals surface area (Å²) in [6.07, 6.45) is 1.15. The van der Waals surface area contributed by atoms with Gasteiger partial charge in [-0.15, -0.1) is 5.06 Å². The van der Waals surface area contributed by atoms with Gasteiger partial charge < -0.3 is 15.7 Å². The van der Waals surface area contributed by atoms with Gasteiger partial charge in [-0.05, 0) is 43.4 Å². The van der Waals surface area contributed by atoms with Gasteiger partial charge in [-0.3, -0.25) is 14.8 Å². The number of amides is 4. The van der Waals surface area contributed by atoms with Crippen LogP contribution in [0.15, 0.2) is 0 Å². The third-order valence-electron chi connectivity index (χ3n) is 5.20. The Morgan fingerprint density at radius 1 is 1.04 bits per heavy atom. The highest BCUT2D eigenvalue weighted by atomic mass is 16.5. The van der Waals surface area contributed by atoms with E-state index in [1.807, 2.05) is 34.6 Å². The smallest absolute Gasteiger partial charge is 0.349 e. The van der Waals surface area contributed by atoms with E-state index in [1.165, 1.54) is 7.05 Å². The number of imide groups is 1. The van der Waals surface area contributed by atoms with Crippen molar-refractivity contribution in [3.05, 3.63) is 0 Å². The molecule has 4 N–H and O–H groups in total. The lowest BCUT2D eigenvalue weighted by Gasteiger charge is -2.38. The number of hydrogen-bond acceptors (Lipinski definition) is 5. The van der Waals surface area contributed by atoms with Crippen molar-refractivity contribution in [2.45, 2.75) is 78.9 Å². The molecule has 0 saturated carbocycles. The third kappa shape index (κ3) is 6.25. The number of hydrogen-bond donors (Lipinski definition) is 4. The van der Waals surface area contributed by atoms with E-state index in [4.69, 9.17) is 0 Å². The molecule has 0 rings (SSSR count). The number of aliphatic hydroxyl groups is 1. The molecule has 0 radical (unpaired) electrons. The first-order valence-electron chi connectivity index (χ1n) is 9.33. The Bertz CT molecular complexity index is 469. The average molecular weight is 373 g/mol. The fourth-order valence-electron chi connectivity index (χ4n) is 3.04. The number of hydroxylamine groups is 2. The minimum absolute atomic E-state index is 0.132. The number of urea groups is 1. The van der Waals surface area contributed by atoms with Gasteiger partial charge in [0.1, 0.15) is 12.1 Å². The molecular formula is C18H35N3O5. The van der Waals surface area contributed by atoms with Crippen LogP contribution >= 0.6 is 0 Å². The van der Waals surface area contributed by atoms with Crippen LogP contribution in [0.5, 0.6) is 0 Å². The normalized spacial score (nSPS) is 13.9. The van der Waals surface area contributed by atoms with Gasteiger partial charge in [-0.2, -0.15) is 0 Å². The predicted molar refractivity (Wildman–Crippen MR) is 98.4 cm³/mol. The van der Waals surface area contributed by atoms with Gasteiger partial charge >= 0.3 is 6.03 Å².